The van der Waals surface area contributed by atoms with Crippen molar-refractivity contribution in [1.82, 2.24) is 0 Å². The predicted molar refractivity (Wildman–Crippen MR) is 69.3 cm³/mol. The largest absolute Gasteiger partial charge is 0.489 e. The van der Waals surface area contributed by atoms with Crippen molar-refractivity contribution in [2.45, 2.75) is 6.61 Å². The molecule has 0 fully saturated rings. The zero-order valence-electron chi connectivity index (χ0n) is 8.99. The third-order valence-electron chi connectivity index (χ3n) is 2.25. The Morgan fingerprint density at radius 2 is 1.94 bits per heavy atom. The van der Waals surface area contributed by atoms with E-state index in [0.717, 1.165) is 4.47 Å². The lowest BCUT2D eigenvalue weighted by Crippen LogP contribution is -1.98. The number of hydrogen-bond acceptors (Lipinski definition) is 2. The van der Waals surface area contributed by atoms with Crippen LogP contribution in [0.15, 0.2) is 46.9 Å². The van der Waals surface area contributed by atoms with Crippen LogP contribution >= 0.6 is 15.9 Å². The Morgan fingerprint density at radius 1 is 1.18 bits per heavy atom. The molecule has 0 atom stereocenters. The van der Waals surface area contributed by atoms with E-state index < -0.39 is 0 Å². The van der Waals surface area contributed by atoms with Gasteiger partial charge < -0.3 is 10.5 Å². The molecular weight excluding hydrogens is 285 g/mol. The number of nitrogens with two attached hydrogens (primary N) is 1. The van der Waals surface area contributed by atoms with Crippen LogP contribution in [0.25, 0.3) is 0 Å². The van der Waals surface area contributed by atoms with Crippen LogP contribution in [0.2, 0.25) is 0 Å². The van der Waals surface area contributed by atoms with E-state index in [4.69, 9.17) is 10.5 Å². The molecule has 0 unspecified atom stereocenters. The van der Waals surface area contributed by atoms with Gasteiger partial charge in [0.1, 0.15) is 18.2 Å². The first-order valence-corrected chi connectivity index (χ1v) is 5.87. The van der Waals surface area contributed by atoms with Crippen LogP contribution in [0.5, 0.6) is 5.75 Å². The highest BCUT2D eigenvalue weighted by atomic mass is 79.9. The Balaban J connectivity index is 2.10. The molecule has 2 aromatic rings. The van der Waals surface area contributed by atoms with Gasteiger partial charge in [-0.3, -0.25) is 0 Å². The minimum absolute atomic E-state index is 0.183. The zero-order valence-corrected chi connectivity index (χ0v) is 10.6. The van der Waals surface area contributed by atoms with Gasteiger partial charge in [-0.25, -0.2) is 4.39 Å². The Hall–Kier alpha value is -1.55. The molecule has 0 aromatic heterocycles. The van der Waals surface area contributed by atoms with Crippen LogP contribution in [0.3, 0.4) is 0 Å². The van der Waals surface area contributed by atoms with Crippen molar-refractivity contribution in [3.63, 3.8) is 0 Å². The molecule has 17 heavy (non-hydrogen) atoms. The van der Waals surface area contributed by atoms with Crippen LogP contribution in [0.1, 0.15) is 5.56 Å². The Kier molecular flexibility index (Phi) is 3.64. The summed E-state index contributed by atoms with van der Waals surface area (Å²) in [5, 5.41) is 0. The molecule has 0 bridgehead atoms. The summed E-state index contributed by atoms with van der Waals surface area (Å²) in [5.74, 6) is 0.343. The number of rotatable bonds is 3. The van der Waals surface area contributed by atoms with Crippen molar-refractivity contribution in [3.05, 3.63) is 58.3 Å². The van der Waals surface area contributed by atoms with Gasteiger partial charge in [-0.1, -0.05) is 34.1 Å². The number of halogens is 2. The van der Waals surface area contributed by atoms with Gasteiger partial charge in [0, 0.05) is 21.8 Å². The minimum Gasteiger partial charge on any atom is -0.489 e. The molecule has 0 saturated carbocycles. The maximum Gasteiger partial charge on any atom is 0.129 e. The van der Waals surface area contributed by atoms with Gasteiger partial charge in [-0.15, -0.1) is 0 Å². The normalized spacial score (nSPS) is 10.2. The van der Waals surface area contributed by atoms with Gasteiger partial charge in [0.15, 0.2) is 0 Å². The summed E-state index contributed by atoms with van der Waals surface area (Å²) in [6.45, 7) is 0.183. The molecule has 0 aliphatic carbocycles. The second-order valence-electron chi connectivity index (χ2n) is 3.60. The van der Waals surface area contributed by atoms with Crippen molar-refractivity contribution in [2.24, 2.45) is 0 Å². The van der Waals surface area contributed by atoms with Gasteiger partial charge >= 0.3 is 0 Å². The molecule has 0 aliphatic rings. The summed E-state index contributed by atoms with van der Waals surface area (Å²) in [6, 6.07) is 11.8. The van der Waals surface area contributed by atoms with Gasteiger partial charge in [-0.05, 0) is 18.2 Å². The maximum atomic E-state index is 13.3. The standard InChI is InChI=1S/C13H11BrFNO/c14-10-5-11(16)7-12(6-10)17-8-9-3-1-2-4-13(9)15/h1-7H,8,16H2. The molecule has 2 N–H and O–H groups in total. The summed E-state index contributed by atoms with van der Waals surface area (Å²) < 4.78 is 19.7. The van der Waals surface area contributed by atoms with E-state index in [9.17, 15) is 4.39 Å². The summed E-state index contributed by atoms with van der Waals surface area (Å²) >= 11 is 3.32. The fraction of sp³-hybridized carbons (Fsp3) is 0.0769. The highest BCUT2D eigenvalue weighted by molar-refractivity contribution is 9.10. The van der Waals surface area contributed by atoms with E-state index in [1.807, 2.05) is 0 Å². The van der Waals surface area contributed by atoms with Crippen molar-refractivity contribution >= 4 is 21.6 Å². The molecule has 0 radical (unpaired) electrons. The van der Waals surface area contributed by atoms with E-state index in [1.165, 1.54) is 6.07 Å². The van der Waals surface area contributed by atoms with Gasteiger partial charge in [0.2, 0.25) is 0 Å². The molecule has 0 aliphatic heterocycles. The lowest BCUT2D eigenvalue weighted by Gasteiger charge is -2.08. The second-order valence-corrected chi connectivity index (χ2v) is 4.52. The first-order chi connectivity index (χ1) is 8.15. The quantitative estimate of drug-likeness (QED) is 0.875. The molecule has 0 spiro atoms. The van der Waals surface area contributed by atoms with Gasteiger partial charge in [-0.2, -0.15) is 0 Å². The lowest BCUT2D eigenvalue weighted by atomic mass is 10.2. The fourth-order valence-corrected chi connectivity index (χ4v) is 1.93. The van der Waals surface area contributed by atoms with E-state index >= 15 is 0 Å². The summed E-state index contributed by atoms with van der Waals surface area (Å²) in [4.78, 5) is 0. The monoisotopic (exact) mass is 295 g/mol. The number of ether oxygens (including phenoxy) is 1. The molecule has 2 aromatic carbocycles. The molecule has 4 heteroatoms. The van der Waals surface area contributed by atoms with Crippen LogP contribution < -0.4 is 10.5 Å². The topological polar surface area (TPSA) is 35.2 Å². The Morgan fingerprint density at radius 3 is 2.65 bits per heavy atom. The van der Waals surface area contributed by atoms with E-state index in [0.29, 0.717) is 17.0 Å². The maximum absolute atomic E-state index is 13.3. The average molecular weight is 296 g/mol. The van der Waals surface area contributed by atoms with Crippen molar-refractivity contribution in [3.8, 4) is 5.75 Å². The van der Waals surface area contributed by atoms with Crippen molar-refractivity contribution < 1.29 is 9.13 Å². The zero-order chi connectivity index (χ0) is 12.3. The van der Waals surface area contributed by atoms with Gasteiger partial charge in [0.05, 0.1) is 0 Å². The molecule has 2 rings (SSSR count). The smallest absolute Gasteiger partial charge is 0.129 e. The van der Waals surface area contributed by atoms with Crippen molar-refractivity contribution in [1.29, 1.82) is 0 Å². The first-order valence-electron chi connectivity index (χ1n) is 5.07. The predicted octanol–water partition coefficient (Wildman–Crippen LogP) is 3.75. The fourth-order valence-electron chi connectivity index (χ4n) is 1.44. The number of anilines is 1. The Labute approximate surface area is 107 Å². The molecule has 2 nitrogen and oxygen atoms in total. The third kappa shape index (κ3) is 3.20. The first kappa shape index (κ1) is 11.9. The summed E-state index contributed by atoms with van der Waals surface area (Å²) in [6.07, 6.45) is 0. The van der Waals surface area contributed by atoms with Crippen LogP contribution in [0.4, 0.5) is 10.1 Å². The number of hydrogen-bond donors (Lipinski definition) is 1. The van der Waals surface area contributed by atoms with Crippen molar-refractivity contribution in [2.75, 3.05) is 5.73 Å². The third-order valence-corrected chi connectivity index (χ3v) is 2.70. The molecular formula is C13H11BrFNO. The van der Waals surface area contributed by atoms with Crippen LogP contribution in [-0.4, -0.2) is 0 Å². The van der Waals surface area contributed by atoms with Crippen LogP contribution in [-0.2, 0) is 6.61 Å². The average Bonchev–Trinajstić information content (AvgIpc) is 2.27. The van der Waals surface area contributed by atoms with E-state index in [-0.39, 0.29) is 12.4 Å². The summed E-state index contributed by atoms with van der Waals surface area (Å²) in [7, 11) is 0. The number of benzene rings is 2. The Bertz CT molecular complexity index is 510. The molecule has 0 amide bonds. The molecule has 88 valence electrons. The van der Waals surface area contributed by atoms with Gasteiger partial charge in [0.25, 0.3) is 0 Å². The van der Waals surface area contributed by atoms with Crippen LogP contribution in [0, 0.1) is 5.82 Å². The SMILES string of the molecule is Nc1cc(Br)cc(OCc2ccccc2F)c1. The summed E-state index contributed by atoms with van der Waals surface area (Å²) in [5.41, 5.74) is 6.79. The van der Waals surface area contributed by atoms with E-state index in [2.05, 4.69) is 15.9 Å². The highest BCUT2D eigenvalue weighted by Gasteiger charge is 2.03. The molecule has 0 saturated heterocycles. The van der Waals surface area contributed by atoms with E-state index in [1.54, 1.807) is 36.4 Å². The molecule has 0 heterocycles. The minimum atomic E-state index is -0.268. The highest BCUT2D eigenvalue weighted by Crippen LogP contribution is 2.23. The lowest BCUT2D eigenvalue weighted by molar-refractivity contribution is 0.300. The second kappa shape index (κ2) is 5.19. The number of nitrogen functional groups attached to an aromatic ring is 1.